The Labute approximate surface area is 229 Å². The molecular weight excluding hydrogens is 525 g/mol. The Balaban J connectivity index is 1.49. The van der Waals surface area contributed by atoms with E-state index in [1.165, 1.54) is 19.4 Å². The highest BCUT2D eigenvalue weighted by Crippen LogP contribution is 2.31. The van der Waals surface area contributed by atoms with Crippen LogP contribution in [0.5, 0.6) is 11.5 Å². The smallest absolute Gasteiger partial charge is 0.416 e. The summed E-state index contributed by atoms with van der Waals surface area (Å²) in [5.74, 6) is 1.02. The van der Waals surface area contributed by atoms with Gasteiger partial charge in [0.15, 0.2) is 5.69 Å². The highest BCUT2D eigenvalue weighted by Gasteiger charge is 2.30. The molecule has 0 aliphatic heterocycles. The van der Waals surface area contributed by atoms with E-state index in [9.17, 15) is 18.0 Å². The average Bonchev–Trinajstić information content (AvgIpc) is 3.42. The van der Waals surface area contributed by atoms with E-state index in [0.29, 0.717) is 36.6 Å². The fourth-order valence-electron chi connectivity index (χ4n) is 4.12. The number of nitrogens with zero attached hydrogens (tertiary/aromatic N) is 3. The standard InChI is InChI=1S/C29H29F3N4O4/c1-38-24-10-9-21(26(15-24)39-2)17-36(16-20-6-5-7-22(14-20)29(30,31)32)18-27-35-25(19-40-27)28(37)34-13-11-23-8-3-4-12-33-23/h3-10,12,14-15,19H,11,13,16-18H2,1-2H3,(H,34,37). The summed E-state index contributed by atoms with van der Waals surface area (Å²) in [4.78, 5) is 23.0. The van der Waals surface area contributed by atoms with Gasteiger partial charge < -0.3 is 19.2 Å². The lowest BCUT2D eigenvalue weighted by atomic mass is 10.1. The first-order valence-electron chi connectivity index (χ1n) is 12.5. The van der Waals surface area contributed by atoms with Gasteiger partial charge in [0.25, 0.3) is 5.91 Å². The molecule has 40 heavy (non-hydrogen) atoms. The van der Waals surface area contributed by atoms with E-state index in [2.05, 4.69) is 15.3 Å². The van der Waals surface area contributed by atoms with Crippen LogP contribution in [0, 0.1) is 0 Å². The monoisotopic (exact) mass is 554 g/mol. The topological polar surface area (TPSA) is 89.7 Å². The molecule has 2 heterocycles. The van der Waals surface area contributed by atoms with Gasteiger partial charge in [-0.15, -0.1) is 0 Å². The third-order valence-corrected chi connectivity index (χ3v) is 6.08. The van der Waals surface area contributed by atoms with Crippen molar-refractivity contribution in [3.63, 3.8) is 0 Å². The molecule has 0 bridgehead atoms. The van der Waals surface area contributed by atoms with Crippen LogP contribution in [-0.2, 0) is 32.2 Å². The van der Waals surface area contributed by atoms with Gasteiger partial charge in [0.1, 0.15) is 17.8 Å². The predicted molar refractivity (Wildman–Crippen MR) is 141 cm³/mol. The highest BCUT2D eigenvalue weighted by molar-refractivity contribution is 5.91. The van der Waals surface area contributed by atoms with Crippen LogP contribution in [0.1, 0.15) is 38.8 Å². The molecule has 0 unspecified atom stereocenters. The quantitative estimate of drug-likeness (QED) is 0.255. The van der Waals surface area contributed by atoms with Crippen molar-refractivity contribution in [2.45, 2.75) is 32.2 Å². The van der Waals surface area contributed by atoms with Gasteiger partial charge in [-0.2, -0.15) is 13.2 Å². The molecule has 1 N–H and O–H groups in total. The van der Waals surface area contributed by atoms with Gasteiger partial charge in [-0.3, -0.25) is 14.7 Å². The van der Waals surface area contributed by atoms with Crippen LogP contribution in [0.25, 0.3) is 0 Å². The molecule has 2 aromatic carbocycles. The van der Waals surface area contributed by atoms with E-state index in [1.54, 1.807) is 31.5 Å². The molecule has 0 atom stereocenters. The summed E-state index contributed by atoms with van der Waals surface area (Å²) in [5.41, 5.74) is 1.48. The SMILES string of the molecule is COc1ccc(CN(Cc2cccc(C(F)(F)F)c2)Cc2nc(C(=O)NCCc3ccccn3)co2)c(OC)c1. The van der Waals surface area contributed by atoms with E-state index in [-0.39, 0.29) is 24.7 Å². The number of benzene rings is 2. The number of carbonyl (C=O) groups excluding carboxylic acids is 1. The molecule has 0 saturated heterocycles. The number of oxazole rings is 1. The number of pyridine rings is 1. The van der Waals surface area contributed by atoms with E-state index in [0.717, 1.165) is 23.4 Å². The molecule has 210 valence electrons. The third-order valence-electron chi connectivity index (χ3n) is 6.08. The van der Waals surface area contributed by atoms with Gasteiger partial charge in [0.2, 0.25) is 5.89 Å². The first kappa shape index (κ1) is 28.6. The van der Waals surface area contributed by atoms with Crippen molar-refractivity contribution < 1.29 is 31.9 Å². The van der Waals surface area contributed by atoms with Gasteiger partial charge in [-0.25, -0.2) is 4.98 Å². The van der Waals surface area contributed by atoms with Crippen LogP contribution in [0.4, 0.5) is 13.2 Å². The predicted octanol–water partition coefficient (Wildman–Crippen LogP) is 5.28. The van der Waals surface area contributed by atoms with Crippen molar-refractivity contribution in [3.8, 4) is 11.5 Å². The van der Waals surface area contributed by atoms with Crippen LogP contribution < -0.4 is 14.8 Å². The molecule has 0 saturated carbocycles. The van der Waals surface area contributed by atoms with Crippen molar-refractivity contribution in [2.24, 2.45) is 0 Å². The number of hydrogen-bond acceptors (Lipinski definition) is 7. The van der Waals surface area contributed by atoms with Crippen molar-refractivity contribution >= 4 is 5.91 Å². The summed E-state index contributed by atoms with van der Waals surface area (Å²) >= 11 is 0. The van der Waals surface area contributed by atoms with E-state index >= 15 is 0 Å². The van der Waals surface area contributed by atoms with Crippen molar-refractivity contribution in [3.05, 3.63) is 107 Å². The summed E-state index contributed by atoms with van der Waals surface area (Å²) in [7, 11) is 3.07. The number of methoxy groups -OCH3 is 2. The van der Waals surface area contributed by atoms with Gasteiger partial charge in [-0.05, 0) is 29.8 Å². The number of halogens is 3. The zero-order chi connectivity index (χ0) is 28.5. The number of aromatic nitrogens is 2. The summed E-state index contributed by atoms with van der Waals surface area (Å²) < 4.78 is 56.3. The highest BCUT2D eigenvalue weighted by atomic mass is 19.4. The summed E-state index contributed by atoms with van der Waals surface area (Å²) in [6.07, 6.45) is -0.942. The van der Waals surface area contributed by atoms with Crippen molar-refractivity contribution in [1.29, 1.82) is 0 Å². The summed E-state index contributed by atoms with van der Waals surface area (Å²) in [6, 6.07) is 16.1. The zero-order valence-electron chi connectivity index (χ0n) is 22.1. The molecule has 8 nitrogen and oxygen atoms in total. The number of nitrogens with one attached hydrogen (secondary N) is 1. The Bertz CT molecular complexity index is 1410. The lowest BCUT2D eigenvalue weighted by Crippen LogP contribution is -2.26. The Morgan fingerprint density at radius 3 is 2.58 bits per heavy atom. The van der Waals surface area contributed by atoms with Gasteiger partial charge in [0, 0.05) is 49.6 Å². The van der Waals surface area contributed by atoms with E-state index < -0.39 is 17.6 Å². The number of alkyl halides is 3. The maximum absolute atomic E-state index is 13.3. The lowest BCUT2D eigenvalue weighted by Gasteiger charge is -2.23. The number of hydrogen-bond donors (Lipinski definition) is 1. The fourth-order valence-corrected chi connectivity index (χ4v) is 4.12. The Morgan fingerprint density at radius 1 is 1.00 bits per heavy atom. The second kappa shape index (κ2) is 13.1. The first-order valence-corrected chi connectivity index (χ1v) is 12.5. The molecule has 0 aliphatic rings. The summed E-state index contributed by atoms with van der Waals surface area (Å²) in [6.45, 7) is 0.966. The number of carbonyl (C=O) groups is 1. The van der Waals surface area contributed by atoms with Crippen LogP contribution in [0.2, 0.25) is 0 Å². The van der Waals surface area contributed by atoms with Gasteiger partial charge >= 0.3 is 6.18 Å². The molecular formula is C29H29F3N4O4. The maximum Gasteiger partial charge on any atom is 0.416 e. The largest absolute Gasteiger partial charge is 0.497 e. The second-order valence-corrected chi connectivity index (χ2v) is 8.97. The third kappa shape index (κ3) is 7.82. The minimum Gasteiger partial charge on any atom is -0.497 e. The maximum atomic E-state index is 13.3. The fraction of sp³-hybridized carbons (Fsp3) is 0.276. The molecule has 4 rings (SSSR count). The normalized spacial score (nSPS) is 11.4. The molecule has 4 aromatic rings. The van der Waals surface area contributed by atoms with Gasteiger partial charge in [-0.1, -0.05) is 30.3 Å². The van der Waals surface area contributed by atoms with Crippen molar-refractivity contribution in [2.75, 3.05) is 20.8 Å². The molecule has 0 aliphatic carbocycles. The first-order chi connectivity index (χ1) is 19.2. The minimum absolute atomic E-state index is 0.108. The molecule has 11 heteroatoms. The van der Waals surface area contributed by atoms with Crippen LogP contribution in [0.3, 0.4) is 0 Å². The van der Waals surface area contributed by atoms with Crippen LogP contribution in [-0.4, -0.2) is 41.5 Å². The zero-order valence-corrected chi connectivity index (χ0v) is 22.1. The Morgan fingerprint density at radius 2 is 1.85 bits per heavy atom. The van der Waals surface area contributed by atoms with Gasteiger partial charge in [0.05, 0.1) is 26.3 Å². The number of ether oxygens (including phenoxy) is 2. The van der Waals surface area contributed by atoms with Crippen molar-refractivity contribution in [1.82, 2.24) is 20.2 Å². The second-order valence-electron chi connectivity index (χ2n) is 8.97. The Hall–Kier alpha value is -4.38. The van der Waals surface area contributed by atoms with Crippen LogP contribution >= 0.6 is 0 Å². The Kier molecular flexibility index (Phi) is 9.39. The van der Waals surface area contributed by atoms with E-state index in [1.807, 2.05) is 29.2 Å². The minimum atomic E-state index is -4.46. The average molecular weight is 555 g/mol. The molecule has 0 spiro atoms. The summed E-state index contributed by atoms with van der Waals surface area (Å²) in [5, 5.41) is 2.79. The molecule has 1 amide bonds. The van der Waals surface area contributed by atoms with E-state index in [4.69, 9.17) is 13.9 Å². The van der Waals surface area contributed by atoms with Crippen LogP contribution in [0.15, 0.2) is 77.5 Å². The number of amides is 1. The molecule has 2 aromatic heterocycles. The molecule has 0 radical (unpaired) electrons. The molecule has 0 fully saturated rings. The lowest BCUT2D eigenvalue weighted by molar-refractivity contribution is -0.137. The number of rotatable bonds is 12.